The highest BCUT2D eigenvalue weighted by atomic mass is 32.2. The Morgan fingerprint density at radius 2 is 1.85 bits per heavy atom. The highest BCUT2D eigenvalue weighted by Gasteiger charge is 2.37. The molecule has 0 saturated carbocycles. The minimum Gasteiger partial charge on any atom is -0.480 e. The molecule has 1 aliphatic heterocycles. The predicted molar refractivity (Wildman–Crippen MR) is 98.6 cm³/mol. The van der Waals surface area contributed by atoms with Gasteiger partial charge in [0.25, 0.3) is 17.7 Å². The summed E-state index contributed by atoms with van der Waals surface area (Å²) in [5.41, 5.74) is 0.587. The first-order chi connectivity index (χ1) is 12.3. The first-order valence-corrected chi connectivity index (χ1v) is 9.56. The molecule has 1 aromatic rings. The van der Waals surface area contributed by atoms with E-state index in [1.54, 1.807) is 25.6 Å². The summed E-state index contributed by atoms with van der Waals surface area (Å²) in [5.74, 6) is -1.02. The van der Waals surface area contributed by atoms with Gasteiger partial charge in [0.1, 0.15) is 6.04 Å². The number of benzene rings is 1. The number of rotatable bonds is 8. The van der Waals surface area contributed by atoms with Gasteiger partial charge in [-0.25, -0.2) is 4.79 Å². The Morgan fingerprint density at radius 3 is 2.42 bits per heavy atom. The molecule has 8 heteroatoms. The van der Waals surface area contributed by atoms with Crippen LogP contribution in [-0.2, 0) is 4.79 Å². The summed E-state index contributed by atoms with van der Waals surface area (Å²) < 4.78 is 0. The molecule has 1 unspecified atom stereocenters. The quantitative estimate of drug-likeness (QED) is 0.530. The third-order valence-corrected chi connectivity index (χ3v) is 4.99. The number of hydrogen-bond acceptors (Lipinski definition) is 5. The predicted octanol–water partition coefficient (Wildman–Crippen LogP) is 2.02. The van der Waals surface area contributed by atoms with Crippen molar-refractivity contribution >= 4 is 35.5 Å². The average molecular weight is 378 g/mol. The fraction of sp³-hybridized carbons (Fsp3) is 0.444. The Labute approximate surface area is 156 Å². The summed E-state index contributed by atoms with van der Waals surface area (Å²) in [6, 6.07) is 2.94. The van der Waals surface area contributed by atoms with Crippen molar-refractivity contribution in [3.05, 3.63) is 34.9 Å². The Bertz CT molecular complexity index is 747. The normalized spacial score (nSPS) is 14.5. The maximum Gasteiger partial charge on any atom is 0.326 e. The lowest BCUT2D eigenvalue weighted by Gasteiger charge is -2.17. The molecule has 1 atom stereocenters. The third-order valence-electron chi connectivity index (χ3n) is 4.05. The van der Waals surface area contributed by atoms with Gasteiger partial charge in [-0.15, -0.1) is 0 Å². The van der Waals surface area contributed by atoms with Crippen LogP contribution in [0.1, 0.15) is 58.3 Å². The van der Waals surface area contributed by atoms with E-state index in [0.29, 0.717) is 12.2 Å². The van der Waals surface area contributed by atoms with Crippen LogP contribution in [0.3, 0.4) is 0 Å². The molecule has 3 amide bonds. The van der Waals surface area contributed by atoms with Crippen LogP contribution in [0.25, 0.3) is 0 Å². The number of nitrogens with one attached hydrogen (secondary N) is 1. The molecule has 0 radical (unpaired) electrons. The zero-order chi connectivity index (χ0) is 19.4. The number of thioether (sulfide) groups is 1. The van der Waals surface area contributed by atoms with Gasteiger partial charge in [0.15, 0.2) is 0 Å². The van der Waals surface area contributed by atoms with E-state index in [0.717, 1.165) is 10.7 Å². The number of amides is 3. The molecule has 0 saturated heterocycles. The molecule has 0 spiro atoms. The van der Waals surface area contributed by atoms with Crippen molar-refractivity contribution in [1.29, 1.82) is 0 Å². The third kappa shape index (κ3) is 4.07. The number of carbonyl (C=O) groups excluding carboxylic acids is 3. The van der Waals surface area contributed by atoms with E-state index in [4.69, 9.17) is 0 Å². The highest BCUT2D eigenvalue weighted by Crippen LogP contribution is 2.25. The fourth-order valence-corrected chi connectivity index (χ4v) is 3.41. The Hall–Kier alpha value is -2.35. The van der Waals surface area contributed by atoms with Gasteiger partial charge in [0.2, 0.25) is 0 Å². The number of fused-ring (bicyclic) bond motifs is 1. The molecule has 2 rings (SSSR count). The molecular weight excluding hydrogens is 356 g/mol. The number of nitrogens with zero attached hydrogens (tertiary/aromatic N) is 1. The zero-order valence-corrected chi connectivity index (χ0v) is 15.8. The Morgan fingerprint density at radius 1 is 1.19 bits per heavy atom. The second-order valence-electron chi connectivity index (χ2n) is 6.18. The maximum atomic E-state index is 12.4. The van der Waals surface area contributed by atoms with Crippen LogP contribution < -0.4 is 5.32 Å². The minimum absolute atomic E-state index is 0.157. The van der Waals surface area contributed by atoms with Gasteiger partial charge < -0.3 is 10.4 Å². The second-order valence-corrected chi connectivity index (χ2v) is 7.58. The van der Waals surface area contributed by atoms with Crippen LogP contribution in [0, 0.1) is 0 Å². The largest absolute Gasteiger partial charge is 0.480 e. The van der Waals surface area contributed by atoms with E-state index in [9.17, 15) is 24.3 Å². The fourth-order valence-electron chi connectivity index (χ4n) is 2.71. The molecule has 0 bridgehead atoms. The highest BCUT2D eigenvalue weighted by molar-refractivity contribution is 7.99. The van der Waals surface area contributed by atoms with Gasteiger partial charge in [0.05, 0.1) is 11.1 Å². The van der Waals surface area contributed by atoms with E-state index < -0.39 is 23.8 Å². The van der Waals surface area contributed by atoms with E-state index in [2.05, 4.69) is 5.32 Å². The lowest BCUT2D eigenvalue weighted by atomic mass is 10.0. The Balaban J connectivity index is 2.18. The first-order valence-electron chi connectivity index (χ1n) is 8.41. The topological polar surface area (TPSA) is 104 Å². The number of imide groups is 1. The first kappa shape index (κ1) is 20.0. The SMILES string of the molecule is CCSCCC(NC(=O)c1ccc2c(c1)C(=O)N(C(C)C)C2=O)C(=O)O. The number of carboxylic acid groups (broad SMARTS) is 1. The molecule has 1 heterocycles. The minimum atomic E-state index is -1.10. The van der Waals surface area contributed by atoms with Crippen LogP contribution in [0.5, 0.6) is 0 Å². The van der Waals surface area contributed by atoms with Crippen molar-refractivity contribution in [2.24, 2.45) is 0 Å². The van der Waals surface area contributed by atoms with E-state index in [1.807, 2.05) is 6.92 Å². The van der Waals surface area contributed by atoms with Crippen molar-refractivity contribution < 1.29 is 24.3 Å². The summed E-state index contributed by atoms with van der Waals surface area (Å²) >= 11 is 1.59. The van der Waals surface area contributed by atoms with Crippen molar-refractivity contribution in [1.82, 2.24) is 10.2 Å². The van der Waals surface area contributed by atoms with Gasteiger partial charge in [-0.2, -0.15) is 11.8 Å². The Kier molecular flexibility index (Phi) is 6.42. The molecule has 1 aliphatic rings. The smallest absolute Gasteiger partial charge is 0.326 e. The molecule has 7 nitrogen and oxygen atoms in total. The summed E-state index contributed by atoms with van der Waals surface area (Å²) in [4.78, 5) is 49.6. The zero-order valence-electron chi connectivity index (χ0n) is 14.9. The lowest BCUT2D eigenvalue weighted by Crippen LogP contribution is -2.41. The van der Waals surface area contributed by atoms with E-state index >= 15 is 0 Å². The van der Waals surface area contributed by atoms with Crippen LogP contribution in [0.2, 0.25) is 0 Å². The molecule has 2 N–H and O–H groups in total. The van der Waals surface area contributed by atoms with Crippen molar-refractivity contribution in [3.63, 3.8) is 0 Å². The molecule has 0 fully saturated rings. The molecule has 26 heavy (non-hydrogen) atoms. The molecule has 140 valence electrons. The van der Waals surface area contributed by atoms with E-state index in [1.165, 1.54) is 18.2 Å². The summed E-state index contributed by atoms with van der Waals surface area (Å²) in [7, 11) is 0. The van der Waals surface area contributed by atoms with Gasteiger partial charge in [-0.1, -0.05) is 6.92 Å². The molecule has 0 aromatic heterocycles. The average Bonchev–Trinajstić information content (AvgIpc) is 2.84. The van der Waals surface area contributed by atoms with Gasteiger partial charge in [-0.05, 0) is 50.0 Å². The lowest BCUT2D eigenvalue weighted by molar-refractivity contribution is -0.139. The molecule has 0 aliphatic carbocycles. The summed E-state index contributed by atoms with van der Waals surface area (Å²) in [5, 5.41) is 11.7. The van der Waals surface area contributed by atoms with Crippen LogP contribution in [0.15, 0.2) is 18.2 Å². The maximum absolute atomic E-state index is 12.4. The standard InChI is InChI=1S/C18H22N2O5S/c1-4-26-8-7-14(18(24)25)19-15(21)11-5-6-12-13(9-11)17(23)20(10(2)3)16(12)22/h5-6,9-10,14H,4,7-8H2,1-3H3,(H,19,21)(H,24,25). The van der Waals surface area contributed by atoms with Crippen molar-refractivity contribution in [2.75, 3.05) is 11.5 Å². The van der Waals surface area contributed by atoms with Crippen LogP contribution >= 0.6 is 11.8 Å². The summed E-state index contributed by atoms with van der Waals surface area (Å²) in [6.07, 6.45) is 0.309. The van der Waals surface area contributed by atoms with Gasteiger partial charge in [-0.3, -0.25) is 19.3 Å². The van der Waals surface area contributed by atoms with Crippen molar-refractivity contribution in [3.8, 4) is 0 Å². The monoisotopic (exact) mass is 378 g/mol. The second kappa shape index (κ2) is 8.35. The van der Waals surface area contributed by atoms with E-state index in [-0.39, 0.29) is 28.6 Å². The van der Waals surface area contributed by atoms with Crippen LogP contribution in [-0.4, -0.2) is 57.3 Å². The van der Waals surface area contributed by atoms with Gasteiger partial charge in [0, 0.05) is 11.6 Å². The summed E-state index contributed by atoms with van der Waals surface area (Å²) in [6.45, 7) is 5.45. The number of hydrogen-bond donors (Lipinski definition) is 2. The number of carboxylic acids is 1. The number of carbonyl (C=O) groups is 4. The number of aliphatic carboxylic acids is 1. The van der Waals surface area contributed by atoms with Crippen molar-refractivity contribution in [2.45, 2.75) is 39.3 Å². The van der Waals surface area contributed by atoms with Gasteiger partial charge >= 0.3 is 5.97 Å². The van der Waals surface area contributed by atoms with Crippen LogP contribution in [0.4, 0.5) is 0 Å². The molecule has 1 aromatic carbocycles. The molecular formula is C18H22N2O5S.